The van der Waals surface area contributed by atoms with Crippen molar-refractivity contribution in [2.24, 2.45) is 5.92 Å². The molecule has 2 rings (SSSR count). The number of hydrogen-bond donors (Lipinski definition) is 2. The minimum Gasteiger partial charge on any atom is -0.399 e. The van der Waals surface area contributed by atoms with Crippen molar-refractivity contribution < 1.29 is 13.5 Å². The fourth-order valence-electron chi connectivity index (χ4n) is 2.08. The highest BCUT2D eigenvalue weighted by Gasteiger charge is 2.37. The summed E-state index contributed by atoms with van der Waals surface area (Å²) < 4.78 is 26.2. The molecule has 5 nitrogen and oxygen atoms in total. The molecule has 3 N–H and O–H groups in total. The topological polar surface area (TPSA) is 83.6 Å². The number of anilines is 1. The van der Waals surface area contributed by atoms with E-state index in [9.17, 15) is 8.42 Å². The monoisotopic (exact) mass is 270 g/mol. The Morgan fingerprint density at radius 2 is 2.11 bits per heavy atom. The van der Waals surface area contributed by atoms with Gasteiger partial charge in [0.25, 0.3) is 0 Å². The van der Waals surface area contributed by atoms with Gasteiger partial charge in [0, 0.05) is 31.3 Å². The van der Waals surface area contributed by atoms with Crippen molar-refractivity contribution in [2.45, 2.75) is 18.2 Å². The number of benzene rings is 1. The van der Waals surface area contributed by atoms with E-state index >= 15 is 0 Å². The first-order chi connectivity index (χ1) is 8.48. The van der Waals surface area contributed by atoms with E-state index in [1.165, 1.54) is 10.4 Å². The van der Waals surface area contributed by atoms with Gasteiger partial charge >= 0.3 is 0 Å². The maximum atomic E-state index is 12.4. The standard InChI is InChI=1S/C12H18N2O3S/c1-2-10-3-4-11(13)5-12(10)18(16,17)14-6-9(7-14)8-15/h3-5,9,15H,2,6-8,13H2,1H3. The third-order valence-electron chi connectivity index (χ3n) is 3.27. The van der Waals surface area contributed by atoms with E-state index in [0.29, 0.717) is 30.1 Å². The number of aryl methyl sites for hydroxylation is 1. The molecule has 1 saturated heterocycles. The molecule has 0 bridgehead atoms. The second-order valence-corrected chi connectivity index (χ2v) is 6.50. The second-order valence-electron chi connectivity index (χ2n) is 4.59. The van der Waals surface area contributed by atoms with Gasteiger partial charge in [-0.25, -0.2) is 8.42 Å². The number of sulfonamides is 1. The van der Waals surface area contributed by atoms with E-state index in [1.54, 1.807) is 12.1 Å². The van der Waals surface area contributed by atoms with Crippen LogP contribution < -0.4 is 5.73 Å². The third-order valence-corrected chi connectivity index (χ3v) is 5.19. The van der Waals surface area contributed by atoms with Crippen molar-refractivity contribution >= 4 is 15.7 Å². The summed E-state index contributed by atoms with van der Waals surface area (Å²) in [6.45, 7) is 2.72. The van der Waals surface area contributed by atoms with Gasteiger partial charge in [-0.3, -0.25) is 0 Å². The molecule has 0 aromatic heterocycles. The molecule has 0 radical (unpaired) electrons. The van der Waals surface area contributed by atoms with Crippen LogP contribution in [0.3, 0.4) is 0 Å². The minimum atomic E-state index is -3.47. The molecule has 0 amide bonds. The van der Waals surface area contributed by atoms with Crippen molar-refractivity contribution in [3.8, 4) is 0 Å². The lowest BCUT2D eigenvalue weighted by Crippen LogP contribution is -2.51. The first-order valence-electron chi connectivity index (χ1n) is 5.98. The highest BCUT2D eigenvalue weighted by Crippen LogP contribution is 2.28. The summed E-state index contributed by atoms with van der Waals surface area (Å²) in [4.78, 5) is 0.293. The average molecular weight is 270 g/mol. The van der Waals surface area contributed by atoms with Crippen molar-refractivity contribution in [3.05, 3.63) is 23.8 Å². The van der Waals surface area contributed by atoms with Crippen molar-refractivity contribution in [2.75, 3.05) is 25.4 Å². The zero-order chi connectivity index (χ0) is 13.3. The van der Waals surface area contributed by atoms with Crippen molar-refractivity contribution in [1.29, 1.82) is 0 Å². The molecular weight excluding hydrogens is 252 g/mol. The van der Waals surface area contributed by atoms with E-state index in [1.807, 2.05) is 6.92 Å². The molecule has 0 aliphatic carbocycles. The molecule has 1 aromatic carbocycles. The summed E-state index contributed by atoms with van der Waals surface area (Å²) in [5.74, 6) is 0.0610. The molecule has 1 aromatic rings. The fraction of sp³-hybridized carbons (Fsp3) is 0.500. The van der Waals surface area contributed by atoms with Gasteiger partial charge in [-0.05, 0) is 24.1 Å². The predicted octanol–water partition coefficient (Wildman–Crippen LogP) is 0.444. The van der Waals surface area contributed by atoms with Crippen LogP contribution in [0.5, 0.6) is 0 Å². The normalized spacial score (nSPS) is 17.7. The molecular formula is C12H18N2O3S. The van der Waals surface area contributed by atoms with Crippen LogP contribution in [0.25, 0.3) is 0 Å². The van der Waals surface area contributed by atoms with Crippen LogP contribution in [0.4, 0.5) is 5.69 Å². The maximum absolute atomic E-state index is 12.4. The molecule has 1 aliphatic rings. The second kappa shape index (κ2) is 4.87. The van der Waals surface area contributed by atoms with Gasteiger partial charge in [-0.2, -0.15) is 4.31 Å². The zero-order valence-corrected chi connectivity index (χ0v) is 11.2. The largest absolute Gasteiger partial charge is 0.399 e. The SMILES string of the molecule is CCc1ccc(N)cc1S(=O)(=O)N1CC(CO)C1. The quantitative estimate of drug-likeness (QED) is 0.778. The van der Waals surface area contributed by atoms with Gasteiger partial charge in [0.05, 0.1) is 4.90 Å². The number of nitrogen functional groups attached to an aromatic ring is 1. The Balaban J connectivity index is 2.33. The number of nitrogens with zero attached hydrogens (tertiary/aromatic N) is 1. The Kier molecular flexibility index (Phi) is 3.61. The molecule has 0 unspecified atom stereocenters. The number of nitrogens with two attached hydrogens (primary N) is 1. The molecule has 0 atom stereocenters. The molecule has 18 heavy (non-hydrogen) atoms. The molecule has 0 spiro atoms. The lowest BCUT2D eigenvalue weighted by molar-refractivity contribution is 0.117. The Labute approximate surface area is 107 Å². The van der Waals surface area contributed by atoms with Gasteiger partial charge in [0.2, 0.25) is 10.0 Å². The Bertz CT molecular complexity index is 536. The van der Waals surface area contributed by atoms with Gasteiger partial charge in [0.1, 0.15) is 0 Å². The first kappa shape index (κ1) is 13.3. The first-order valence-corrected chi connectivity index (χ1v) is 7.42. The summed E-state index contributed by atoms with van der Waals surface area (Å²) in [6, 6.07) is 4.98. The molecule has 6 heteroatoms. The number of hydrogen-bond acceptors (Lipinski definition) is 4. The Hall–Kier alpha value is -1.11. The summed E-state index contributed by atoms with van der Waals surface area (Å²) >= 11 is 0. The average Bonchev–Trinajstić information content (AvgIpc) is 2.27. The number of aliphatic hydroxyl groups is 1. The Morgan fingerprint density at radius 3 is 2.67 bits per heavy atom. The lowest BCUT2D eigenvalue weighted by atomic mass is 10.1. The van der Waals surface area contributed by atoms with Gasteiger partial charge in [-0.15, -0.1) is 0 Å². The van der Waals surface area contributed by atoms with Crippen LogP contribution in [0.1, 0.15) is 12.5 Å². The van der Waals surface area contributed by atoms with Gasteiger partial charge in [0.15, 0.2) is 0 Å². The summed E-state index contributed by atoms with van der Waals surface area (Å²) in [6.07, 6.45) is 0.645. The van der Waals surface area contributed by atoms with Crippen molar-refractivity contribution in [3.63, 3.8) is 0 Å². The highest BCUT2D eigenvalue weighted by atomic mass is 32.2. The fourth-order valence-corrected chi connectivity index (χ4v) is 4.00. The molecule has 1 aliphatic heterocycles. The summed E-state index contributed by atoms with van der Waals surface area (Å²) in [5.41, 5.74) is 6.89. The van der Waals surface area contributed by atoms with E-state index in [4.69, 9.17) is 10.8 Å². The van der Waals surface area contributed by atoms with E-state index in [2.05, 4.69) is 0 Å². The van der Waals surface area contributed by atoms with Crippen LogP contribution in [-0.4, -0.2) is 37.5 Å². The third kappa shape index (κ3) is 2.23. The van der Waals surface area contributed by atoms with Crippen LogP contribution in [0.15, 0.2) is 23.1 Å². The smallest absolute Gasteiger partial charge is 0.243 e. The van der Waals surface area contributed by atoms with Crippen LogP contribution in [0.2, 0.25) is 0 Å². The highest BCUT2D eigenvalue weighted by molar-refractivity contribution is 7.89. The number of aliphatic hydroxyl groups excluding tert-OH is 1. The van der Waals surface area contributed by atoms with Crippen LogP contribution in [-0.2, 0) is 16.4 Å². The lowest BCUT2D eigenvalue weighted by Gasteiger charge is -2.37. The summed E-state index contributed by atoms with van der Waals surface area (Å²) in [5, 5.41) is 8.94. The van der Waals surface area contributed by atoms with Gasteiger partial charge < -0.3 is 10.8 Å². The van der Waals surface area contributed by atoms with Crippen molar-refractivity contribution in [1.82, 2.24) is 4.31 Å². The van der Waals surface area contributed by atoms with E-state index < -0.39 is 10.0 Å². The Morgan fingerprint density at radius 1 is 1.44 bits per heavy atom. The molecule has 100 valence electrons. The predicted molar refractivity (Wildman–Crippen MR) is 69.6 cm³/mol. The van der Waals surface area contributed by atoms with E-state index in [0.717, 1.165) is 5.56 Å². The zero-order valence-electron chi connectivity index (χ0n) is 10.3. The van der Waals surface area contributed by atoms with Crippen LogP contribution in [0, 0.1) is 5.92 Å². The van der Waals surface area contributed by atoms with E-state index in [-0.39, 0.29) is 12.5 Å². The maximum Gasteiger partial charge on any atom is 0.243 e. The molecule has 1 heterocycles. The van der Waals surface area contributed by atoms with Crippen LogP contribution >= 0.6 is 0 Å². The molecule has 1 fully saturated rings. The number of rotatable bonds is 4. The van der Waals surface area contributed by atoms with Gasteiger partial charge in [-0.1, -0.05) is 13.0 Å². The minimum absolute atomic E-state index is 0.0313. The molecule has 0 saturated carbocycles. The summed E-state index contributed by atoms with van der Waals surface area (Å²) in [7, 11) is -3.47.